The lowest BCUT2D eigenvalue weighted by Gasteiger charge is -2.14. The maximum atomic E-state index is 12.3. The van der Waals surface area contributed by atoms with Crippen molar-refractivity contribution in [2.45, 2.75) is 39.0 Å². The molecule has 22 heteroatoms. The van der Waals surface area contributed by atoms with Crippen LogP contribution in [0.3, 0.4) is 0 Å². The second kappa shape index (κ2) is 19.6. The van der Waals surface area contributed by atoms with Gasteiger partial charge in [-0.15, -0.1) is 0 Å². The number of hydrogen-bond acceptors (Lipinski definition) is 16. The SMILES string of the molecule is O=C1OC(CCO)C(OCc2cccc([N+](=O)[O-])c2)=C1OCc1cccc([N+](=O)[O-])c1.O=[N+]([O-])c1cccc(COP(=O)(O)OCc2cccc([N+](=O)[O-])c2)c1. The van der Waals surface area contributed by atoms with Gasteiger partial charge in [0.25, 0.3) is 22.7 Å². The zero-order valence-electron chi connectivity index (χ0n) is 28.8. The van der Waals surface area contributed by atoms with Crippen LogP contribution in [0, 0.1) is 40.5 Å². The monoisotopic (exact) mass is 798 g/mol. The number of nitro groups is 4. The third-order valence-corrected chi connectivity index (χ3v) is 8.30. The van der Waals surface area contributed by atoms with Gasteiger partial charge in [-0.1, -0.05) is 48.5 Å². The van der Waals surface area contributed by atoms with Gasteiger partial charge in [-0.3, -0.25) is 49.5 Å². The van der Waals surface area contributed by atoms with Crippen LogP contribution >= 0.6 is 7.82 Å². The molecule has 2 N–H and O–H groups in total. The van der Waals surface area contributed by atoms with Crippen molar-refractivity contribution in [1.29, 1.82) is 0 Å². The van der Waals surface area contributed by atoms with Gasteiger partial charge < -0.3 is 24.2 Å². The lowest BCUT2D eigenvalue weighted by molar-refractivity contribution is -0.385. The van der Waals surface area contributed by atoms with E-state index in [9.17, 15) is 59.8 Å². The van der Waals surface area contributed by atoms with E-state index in [1.807, 2.05) is 0 Å². The molecule has 0 saturated carbocycles. The summed E-state index contributed by atoms with van der Waals surface area (Å²) in [6.45, 7) is -1.27. The van der Waals surface area contributed by atoms with Gasteiger partial charge in [-0.2, -0.15) is 0 Å². The molecule has 0 fully saturated rings. The van der Waals surface area contributed by atoms with Crippen LogP contribution in [0.1, 0.15) is 28.7 Å². The van der Waals surface area contributed by atoms with Gasteiger partial charge >= 0.3 is 13.8 Å². The van der Waals surface area contributed by atoms with Crippen molar-refractivity contribution in [2.24, 2.45) is 0 Å². The van der Waals surface area contributed by atoms with Crippen LogP contribution < -0.4 is 0 Å². The first-order valence-electron chi connectivity index (χ1n) is 16.0. The van der Waals surface area contributed by atoms with Crippen molar-refractivity contribution in [3.63, 3.8) is 0 Å². The average Bonchev–Trinajstić information content (AvgIpc) is 3.48. The molecular formula is C34H31N4O17P. The van der Waals surface area contributed by atoms with Gasteiger partial charge in [0.1, 0.15) is 13.2 Å². The topological polar surface area (TPSA) is 293 Å². The largest absolute Gasteiger partial charge is 0.485 e. The van der Waals surface area contributed by atoms with Crippen molar-refractivity contribution in [3.05, 3.63) is 171 Å². The molecule has 21 nitrogen and oxygen atoms in total. The lowest BCUT2D eigenvalue weighted by atomic mass is 10.2. The van der Waals surface area contributed by atoms with Crippen LogP contribution in [0.4, 0.5) is 22.7 Å². The number of aliphatic hydroxyl groups is 1. The number of nitrogens with zero attached hydrogens (tertiary/aromatic N) is 4. The first-order valence-corrected chi connectivity index (χ1v) is 17.5. The standard InChI is InChI=1S/C20H18N2O9.C14H13N2O8P/c23-8-7-17-18(29-11-13-3-1-5-15(9-13)21(25)26)19(20(24)31-17)30-12-14-4-2-6-16(10-14)22(27)28;17-15(18)13-5-1-3-11(7-13)9-23-25(21,22)24-10-12-4-2-6-14(8-12)16(19)20/h1-6,9-10,17,23H,7-8,11-12H2;1-8H,9-10H2,(H,21,22). The Hall–Kier alpha value is -6.64. The molecule has 1 atom stereocenters. The highest BCUT2D eigenvalue weighted by Gasteiger charge is 2.37. The first kappa shape index (κ1) is 42.1. The number of phosphoric ester groups is 1. The van der Waals surface area contributed by atoms with E-state index in [1.54, 1.807) is 12.1 Å². The molecule has 56 heavy (non-hydrogen) atoms. The van der Waals surface area contributed by atoms with Crippen molar-refractivity contribution in [3.8, 4) is 0 Å². The summed E-state index contributed by atoms with van der Waals surface area (Å²) in [6.07, 6.45) is -0.809. The summed E-state index contributed by atoms with van der Waals surface area (Å²) in [5.74, 6) is -0.954. The van der Waals surface area contributed by atoms with Crippen molar-refractivity contribution in [1.82, 2.24) is 0 Å². The van der Waals surface area contributed by atoms with E-state index in [-0.39, 0.29) is 73.7 Å². The minimum Gasteiger partial charge on any atom is -0.485 e. The van der Waals surface area contributed by atoms with Gasteiger partial charge in [0.15, 0.2) is 11.9 Å². The minimum atomic E-state index is -4.44. The molecule has 0 saturated heterocycles. The van der Waals surface area contributed by atoms with Gasteiger partial charge in [0, 0.05) is 61.6 Å². The maximum Gasteiger partial charge on any atom is 0.472 e. The highest BCUT2D eigenvalue weighted by molar-refractivity contribution is 7.47. The Balaban J connectivity index is 0.000000255. The Morgan fingerprint density at radius 2 is 0.964 bits per heavy atom. The number of esters is 1. The minimum absolute atomic E-state index is 0.0518. The van der Waals surface area contributed by atoms with Crippen LogP contribution in [0.15, 0.2) is 109 Å². The molecule has 0 aliphatic carbocycles. The van der Waals surface area contributed by atoms with Gasteiger partial charge in [-0.25, -0.2) is 9.36 Å². The fourth-order valence-corrected chi connectivity index (χ4v) is 5.48. The maximum absolute atomic E-state index is 12.3. The van der Waals surface area contributed by atoms with Gasteiger partial charge in [0.2, 0.25) is 5.76 Å². The number of carbonyl (C=O) groups is 1. The quantitative estimate of drug-likeness (QED) is 0.0498. The summed E-state index contributed by atoms with van der Waals surface area (Å²) in [7, 11) is -4.44. The van der Waals surface area contributed by atoms with Crippen molar-refractivity contribution >= 4 is 36.5 Å². The van der Waals surface area contributed by atoms with Crippen LogP contribution in [0.5, 0.6) is 0 Å². The van der Waals surface area contributed by atoms with Crippen molar-refractivity contribution < 1.29 is 62.3 Å². The number of hydrogen-bond donors (Lipinski definition) is 2. The molecule has 4 aromatic rings. The summed E-state index contributed by atoms with van der Waals surface area (Å²) in [5, 5.41) is 52.4. The molecule has 5 rings (SSSR count). The fraction of sp³-hybridized carbons (Fsp3) is 0.206. The van der Waals surface area contributed by atoms with E-state index < -0.39 is 39.6 Å². The summed E-state index contributed by atoms with van der Waals surface area (Å²) in [5.41, 5.74) is 1.01. The number of ether oxygens (including phenoxy) is 3. The summed E-state index contributed by atoms with van der Waals surface area (Å²) < 4.78 is 37.8. The Labute approximate surface area is 315 Å². The van der Waals surface area contributed by atoms with Gasteiger partial charge in [0.05, 0.1) is 32.9 Å². The van der Waals surface area contributed by atoms with E-state index in [0.717, 1.165) is 0 Å². The molecule has 1 heterocycles. The molecule has 4 aromatic carbocycles. The number of rotatable bonds is 18. The van der Waals surface area contributed by atoms with E-state index in [0.29, 0.717) is 22.3 Å². The van der Waals surface area contributed by atoms with Crippen LogP contribution in [-0.2, 0) is 59.0 Å². The number of non-ortho nitro benzene ring substituents is 4. The Bertz CT molecular complexity index is 2110. The molecular weight excluding hydrogens is 767 g/mol. The zero-order valence-corrected chi connectivity index (χ0v) is 29.7. The number of cyclic esters (lactones) is 1. The molecule has 0 spiro atoms. The molecule has 0 bridgehead atoms. The lowest BCUT2D eigenvalue weighted by Crippen LogP contribution is -2.15. The number of aliphatic hydroxyl groups excluding tert-OH is 1. The van der Waals surface area contributed by atoms with E-state index in [4.69, 9.17) is 23.3 Å². The smallest absolute Gasteiger partial charge is 0.472 e. The summed E-state index contributed by atoms with van der Waals surface area (Å²) in [6, 6.07) is 22.3. The molecule has 1 aliphatic rings. The van der Waals surface area contributed by atoms with E-state index in [1.165, 1.54) is 84.9 Å². The highest BCUT2D eigenvalue weighted by atomic mass is 31.2. The summed E-state index contributed by atoms with van der Waals surface area (Å²) >= 11 is 0. The third-order valence-electron chi connectivity index (χ3n) is 7.39. The molecule has 0 radical (unpaired) electrons. The number of benzene rings is 4. The zero-order chi connectivity index (χ0) is 40.8. The average molecular weight is 799 g/mol. The van der Waals surface area contributed by atoms with Crippen LogP contribution in [0.25, 0.3) is 0 Å². The summed E-state index contributed by atoms with van der Waals surface area (Å²) in [4.78, 5) is 62.8. The fourth-order valence-electron chi connectivity index (χ4n) is 4.78. The van der Waals surface area contributed by atoms with E-state index in [2.05, 4.69) is 0 Å². The second-order valence-corrected chi connectivity index (χ2v) is 12.9. The predicted molar refractivity (Wildman–Crippen MR) is 190 cm³/mol. The molecule has 1 aliphatic heterocycles. The Kier molecular flexibility index (Phi) is 14.7. The van der Waals surface area contributed by atoms with Crippen molar-refractivity contribution in [2.75, 3.05) is 6.61 Å². The first-order chi connectivity index (χ1) is 26.6. The van der Waals surface area contributed by atoms with Crippen LogP contribution in [0.2, 0.25) is 0 Å². The number of phosphoric acid groups is 1. The number of nitro benzene ring substituents is 4. The normalized spacial score (nSPS) is 13.6. The Morgan fingerprint density at radius 3 is 1.32 bits per heavy atom. The Morgan fingerprint density at radius 1 is 0.607 bits per heavy atom. The second-order valence-electron chi connectivity index (χ2n) is 11.4. The molecule has 294 valence electrons. The third kappa shape index (κ3) is 12.5. The highest BCUT2D eigenvalue weighted by Crippen LogP contribution is 2.45. The predicted octanol–water partition coefficient (Wildman–Crippen LogP) is 6.09. The molecule has 1 unspecified atom stereocenters. The van der Waals surface area contributed by atoms with Gasteiger partial charge in [-0.05, 0) is 22.3 Å². The number of carbonyl (C=O) groups excluding carboxylic acids is 1. The molecule has 0 aromatic heterocycles. The van der Waals surface area contributed by atoms with E-state index >= 15 is 0 Å². The molecule has 0 amide bonds. The van der Waals surface area contributed by atoms with Crippen LogP contribution in [-0.4, -0.2) is 48.4 Å².